The van der Waals surface area contributed by atoms with Crippen LogP contribution in [0.4, 0.5) is 0 Å². The Balaban J connectivity index is 2.51. The molecule has 0 amide bonds. The van der Waals surface area contributed by atoms with Crippen LogP contribution in [-0.2, 0) is 6.54 Å². The van der Waals surface area contributed by atoms with Crippen molar-refractivity contribution in [3.05, 3.63) is 24.1 Å². The first-order valence-corrected chi connectivity index (χ1v) is 5.68. The van der Waals surface area contributed by atoms with Gasteiger partial charge in [0.25, 0.3) is 0 Å². The van der Waals surface area contributed by atoms with Crippen molar-refractivity contribution in [1.29, 1.82) is 0 Å². The molecule has 0 saturated heterocycles. The van der Waals surface area contributed by atoms with Crippen molar-refractivity contribution < 1.29 is 18.6 Å². The number of hydrogen-bond donors (Lipinski definition) is 1. The summed E-state index contributed by atoms with van der Waals surface area (Å²) in [5, 5.41) is 0. The Morgan fingerprint density at radius 1 is 1.11 bits per heavy atom. The molecule has 0 unspecified atom stereocenters. The highest BCUT2D eigenvalue weighted by Gasteiger charge is 2.16. The molecule has 2 aromatic rings. The number of ether oxygens (including phenoxy) is 3. The normalized spacial score (nSPS) is 10.3. The summed E-state index contributed by atoms with van der Waals surface area (Å²) in [5.74, 6) is 2.08. The van der Waals surface area contributed by atoms with Gasteiger partial charge in [0.1, 0.15) is 6.26 Å². The third-order valence-corrected chi connectivity index (χ3v) is 2.67. The van der Waals surface area contributed by atoms with E-state index in [1.807, 2.05) is 0 Å². The number of benzene rings is 1. The molecule has 0 fully saturated rings. The Morgan fingerprint density at radius 2 is 1.74 bits per heavy atom. The van der Waals surface area contributed by atoms with Crippen LogP contribution >= 0.6 is 0 Å². The number of hydrogen-bond acceptors (Lipinski definition) is 6. The van der Waals surface area contributed by atoms with Crippen molar-refractivity contribution in [3.8, 4) is 28.7 Å². The average Bonchev–Trinajstić information content (AvgIpc) is 2.94. The number of oxazole rings is 1. The highest BCUT2D eigenvalue weighted by molar-refractivity contribution is 5.65. The lowest BCUT2D eigenvalue weighted by Gasteiger charge is -2.12. The molecule has 1 aromatic heterocycles. The van der Waals surface area contributed by atoms with Crippen molar-refractivity contribution in [3.63, 3.8) is 0 Å². The van der Waals surface area contributed by atoms with E-state index in [9.17, 15) is 0 Å². The van der Waals surface area contributed by atoms with E-state index in [4.69, 9.17) is 24.4 Å². The predicted octanol–water partition coefficient (Wildman–Crippen LogP) is 1.83. The maximum atomic E-state index is 5.51. The molecule has 0 radical (unpaired) electrons. The van der Waals surface area contributed by atoms with Gasteiger partial charge < -0.3 is 24.4 Å². The summed E-state index contributed by atoms with van der Waals surface area (Å²) in [4.78, 5) is 4.26. The smallest absolute Gasteiger partial charge is 0.226 e. The van der Waals surface area contributed by atoms with E-state index in [1.54, 1.807) is 33.5 Å². The van der Waals surface area contributed by atoms with E-state index in [-0.39, 0.29) is 0 Å². The molecule has 1 aromatic carbocycles. The maximum Gasteiger partial charge on any atom is 0.226 e. The Morgan fingerprint density at radius 3 is 2.16 bits per heavy atom. The quantitative estimate of drug-likeness (QED) is 0.887. The molecular weight excluding hydrogens is 248 g/mol. The lowest BCUT2D eigenvalue weighted by molar-refractivity contribution is 0.324. The van der Waals surface area contributed by atoms with Crippen LogP contribution in [0, 0.1) is 0 Å². The van der Waals surface area contributed by atoms with Crippen LogP contribution in [0.15, 0.2) is 22.8 Å². The molecule has 6 heteroatoms. The molecule has 2 N–H and O–H groups in total. The molecule has 0 aliphatic heterocycles. The lowest BCUT2D eigenvalue weighted by Crippen LogP contribution is -1.97. The van der Waals surface area contributed by atoms with Crippen LogP contribution in [0.5, 0.6) is 17.2 Å². The van der Waals surface area contributed by atoms with E-state index in [0.717, 1.165) is 5.56 Å². The summed E-state index contributed by atoms with van der Waals surface area (Å²) in [7, 11) is 4.67. The minimum Gasteiger partial charge on any atom is -0.493 e. The molecule has 6 nitrogen and oxygen atoms in total. The maximum absolute atomic E-state index is 5.51. The van der Waals surface area contributed by atoms with Crippen LogP contribution in [-0.4, -0.2) is 26.3 Å². The van der Waals surface area contributed by atoms with Crippen molar-refractivity contribution >= 4 is 0 Å². The lowest BCUT2D eigenvalue weighted by atomic mass is 10.2. The van der Waals surface area contributed by atoms with Gasteiger partial charge in [-0.05, 0) is 12.1 Å². The summed E-state index contributed by atoms with van der Waals surface area (Å²) in [5.41, 5.74) is 6.92. The zero-order valence-corrected chi connectivity index (χ0v) is 11.1. The van der Waals surface area contributed by atoms with Crippen LogP contribution in [0.25, 0.3) is 11.5 Å². The summed E-state index contributed by atoms with van der Waals surface area (Å²) < 4.78 is 21.2. The van der Waals surface area contributed by atoms with Gasteiger partial charge in [-0.1, -0.05) is 0 Å². The van der Waals surface area contributed by atoms with Gasteiger partial charge in [0, 0.05) is 12.1 Å². The third-order valence-electron chi connectivity index (χ3n) is 2.67. The Kier molecular flexibility index (Phi) is 3.91. The number of aromatic nitrogens is 1. The van der Waals surface area contributed by atoms with Crippen LogP contribution in [0.3, 0.4) is 0 Å². The van der Waals surface area contributed by atoms with Gasteiger partial charge >= 0.3 is 0 Å². The van der Waals surface area contributed by atoms with Gasteiger partial charge in [-0.15, -0.1) is 0 Å². The first kappa shape index (κ1) is 13.2. The molecule has 1 heterocycles. The Labute approximate surface area is 111 Å². The number of rotatable bonds is 5. The fourth-order valence-electron chi connectivity index (χ4n) is 1.74. The molecule has 0 aliphatic carbocycles. The summed E-state index contributed by atoms with van der Waals surface area (Å²) >= 11 is 0. The van der Waals surface area contributed by atoms with E-state index < -0.39 is 0 Å². The molecule has 0 bridgehead atoms. The van der Waals surface area contributed by atoms with E-state index in [0.29, 0.717) is 35.4 Å². The zero-order chi connectivity index (χ0) is 13.8. The van der Waals surface area contributed by atoms with E-state index >= 15 is 0 Å². The highest BCUT2D eigenvalue weighted by atomic mass is 16.5. The number of nitrogens with two attached hydrogens (primary N) is 1. The summed E-state index contributed by atoms with van der Waals surface area (Å²) in [6.45, 7) is 0.327. The molecule has 0 atom stereocenters. The van der Waals surface area contributed by atoms with E-state index in [1.165, 1.54) is 6.26 Å². The van der Waals surface area contributed by atoms with Crippen LogP contribution < -0.4 is 19.9 Å². The molecule has 0 aliphatic rings. The fraction of sp³-hybridized carbons (Fsp3) is 0.308. The molecule has 2 rings (SSSR count). The van der Waals surface area contributed by atoms with Gasteiger partial charge in [0.2, 0.25) is 11.6 Å². The predicted molar refractivity (Wildman–Crippen MR) is 69.5 cm³/mol. The minimum atomic E-state index is 0.327. The van der Waals surface area contributed by atoms with Crippen LogP contribution in [0.1, 0.15) is 5.69 Å². The monoisotopic (exact) mass is 264 g/mol. The van der Waals surface area contributed by atoms with Gasteiger partial charge in [0.15, 0.2) is 11.5 Å². The van der Waals surface area contributed by atoms with E-state index in [2.05, 4.69) is 4.98 Å². The molecular formula is C13H16N2O4. The van der Waals surface area contributed by atoms with Gasteiger partial charge in [-0.2, -0.15) is 0 Å². The third kappa shape index (κ3) is 2.48. The van der Waals surface area contributed by atoms with Gasteiger partial charge in [-0.25, -0.2) is 4.98 Å². The first-order chi connectivity index (χ1) is 9.23. The summed E-state index contributed by atoms with van der Waals surface area (Å²) in [6.07, 6.45) is 1.53. The second kappa shape index (κ2) is 5.62. The second-order valence-electron chi connectivity index (χ2n) is 3.76. The fourth-order valence-corrected chi connectivity index (χ4v) is 1.74. The SMILES string of the molecule is COc1cc(-c2nc(CN)co2)cc(OC)c1OC. The molecule has 19 heavy (non-hydrogen) atoms. The highest BCUT2D eigenvalue weighted by Crippen LogP contribution is 2.40. The molecule has 102 valence electrons. The Hall–Kier alpha value is -2.21. The van der Waals surface area contributed by atoms with Crippen molar-refractivity contribution in [2.45, 2.75) is 6.54 Å². The van der Waals surface area contributed by atoms with Crippen molar-refractivity contribution in [2.75, 3.05) is 21.3 Å². The standard InChI is InChI=1S/C13H16N2O4/c1-16-10-4-8(5-11(17-2)12(10)18-3)13-15-9(6-14)7-19-13/h4-5,7H,6,14H2,1-3H3. The Bertz CT molecular complexity index is 541. The zero-order valence-electron chi connectivity index (χ0n) is 11.1. The van der Waals surface area contributed by atoms with Crippen molar-refractivity contribution in [1.82, 2.24) is 4.98 Å². The number of methoxy groups -OCH3 is 3. The average molecular weight is 264 g/mol. The van der Waals surface area contributed by atoms with Crippen molar-refractivity contribution in [2.24, 2.45) is 5.73 Å². The largest absolute Gasteiger partial charge is 0.493 e. The van der Waals surface area contributed by atoms with Gasteiger partial charge in [-0.3, -0.25) is 0 Å². The first-order valence-electron chi connectivity index (χ1n) is 5.68. The summed E-state index contributed by atoms with van der Waals surface area (Å²) in [6, 6.07) is 3.54. The molecule has 0 saturated carbocycles. The molecule has 0 spiro atoms. The second-order valence-corrected chi connectivity index (χ2v) is 3.76. The van der Waals surface area contributed by atoms with Gasteiger partial charge in [0.05, 0.1) is 27.0 Å². The topological polar surface area (TPSA) is 79.7 Å². The van der Waals surface area contributed by atoms with Crippen LogP contribution in [0.2, 0.25) is 0 Å². The minimum absolute atomic E-state index is 0.327. The number of nitrogens with zero attached hydrogens (tertiary/aromatic N) is 1.